The van der Waals surface area contributed by atoms with Crippen LogP contribution in [0.15, 0.2) is 85.5 Å². The molecule has 0 saturated carbocycles. The number of hydrogen-bond acceptors (Lipinski definition) is 8. The Bertz CT molecular complexity index is 1790. The van der Waals surface area contributed by atoms with Crippen LogP contribution >= 0.6 is 23.5 Å². The maximum absolute atomic E-state index is 11.7. The third kappa shape index (κ3) is 6.40. The van der Waals surface area contributed by atoms with E-state index in [1.165, 1.54) is 11.8 Å². The predicted octanol–water partition coefficient (Wildman–Crippen LogP) is 5.42. The molecule has 0 amide bonds. The van der Waals surface area contributed by atoms with Gasteiger partial charge in [0.25, 0.3) is 5.89 Å². The van der Waals surface area contributed by atoms with E-state index in [9.17, 15) is 22.9 Å². The number of benzene rings is 2. The molecule has 2 aromatic carbocycles. The average molecular weight is 612 g/mol. The minimum Gasteiger partial charge on any atom is -0.748 e. The van der Waals surface area contributed by atoms with Gasteiger partial charge in [0.05, 0.1) is 27.4 Å². The van der Waals surface area contributed by atoms with Gasteiger partial charge < -0.3 is 19.0 Å². The molecule has 0 unspecified atom stereocenters. The van der Waals surface area contributed by atoms with Gasteiger partial charge in [-0.25, -0.2) is 8.42 Å². The van der Waals surface area contributed by atoms with Crippen LogP contribution in [0.25, 0.3) is 23.0 Å². The summed E-state index contributed by atoms with van der Waals surface area (Å²) in [5, 5.41) is 10.4. The van der Waals surface area contributed by atoms with Gasteiger partial charge in [-0.2, -0.15) is 9.13 Å². The molecule has 41 heavy (non-hydrogen) atoms. The molecule has 12 heteroatoms. The highest BCUT2D eigenvalue weighted by Crippen LogP contribution is 2.47. The molecule has 2 aromatic heterocycles. The number of carboxylic acid groups (broad SMARTS) is 1. The van der Waals surface area contributed by atoms with Crippen molar-refractivity contribution in [3.63, 3.8) is 0 Å². The first kappa shape index (κ1) is 29.1. The topological polar surface area (TPSA) is 120 Å². The molecule has 5 rings (SSSR count). The number of rotatable bonds is 10. The van der Waals surface area contributed by atoms with E-state index in [4.69, 9.17) is 4.42 Å². The highest BCUT2D eigenvalue weighted by Gasteiger charge is 2.29. The molecule has 1 N–H and O–H groups in total. The van der Waals surface area contributed by atoms with E-state index >= 15 is 0 Å². The van der Waals surface area contributed by atoms with Crippen molar-refractivity contribution in [3.05, 3.63) is 82.9 Å². The molecular weight excluding hydrogens is 583 g/mol. The third-order valence-electron chi connectivity index (χ3n) is 6.58. The second kappa shape index (κ2) is 11.8. The van der Waals surface area contributed by atoms with Gasteiger partial charge in [-0.15, -0.1) is 11.8 Å². The quantitative estimate of drug-likeness (QED) is 0.142. The minimum absolute atomic E-state index is 0.125. The van der Waals surface area contributed by atoms with Crippen LogP contribution in [0.4, 0.5) is 5.69 Å². The number of fused-ring (bicyclic) bond motifs is 2. The van der Waals surface area contributed by atoms with E-state index in [1.807, 2.05) is 96.0 Å². The van der Waals surface area contributed by atoms with Crippen LogP contribution in [0.1, 0.15) is 24.9 Å². The van der Waals surface area contributed by atoms with E-state index in [2.05, 4.69) is 0 Å². The number of para-hydroxylation sites is 1. The number of aromatic nitrogens is 2. The fraction of sp³-hybridized carbons (Fsp3) is 0.241. The first-order valence-corrected chi connectivity index (χ1v) is 16.4. The van der Waals surface area contributed by atoms with Crippen molar-refractivity contribution in [1.82, 2.24) is 4.57 Å². The summed E-state index contributed by atoms with van der Waals surface area (Å²) in [7, 11) is -4.37. The summed E-state index contributed by atoms with van der Waals surface area (Å²) in [6.45, 7) is 3.95. The molecule has 0 saturated heterocycles. The van der Waals surface area contributed by atoms with E-state index in [-0.39, 0.29) is 19.5 Å². The highest BCUT2D eigenvalue weighted by atomic mass is 32.2. The minimum atomic E-state index is -4.37. The Hall–Kier alpha value is -3.45. The maximum atomic E-state index is 11.7. The summed E-state index contributed by atoms with van der Waals surface area (Å²) in [5.41, 5.74) is 4.91. The first-order valence-electron chi connectivity index (χ1n) is 12.8. The monoisotopic (exact) mass is 611 g/mol. The number of aliphatic carboxylic acids is 1. The lowest BCUT2D eigenvalue weighted by molar-refractivity contribution is -0.680. The molecule has 0 fully saturated rings. The Kier molecular flexibility index (Phi) is 8.37. The van der Waals surface area contributed by atoms with Crippen LogP contribution in [-0.2, 0) is 21.5 Å². The second-order valence-corrected chi connectivity index (χ2v) is 13.1. The maximum Gasteiger partial charge on any atom is 0.333 e. The van der Waals surface area contributed by atoms with Gasteiger partial charge in [0, 0.05) is 27.7 Å². The van der Waals surface area contributed by atoms with Crippen molar-refractivity contribution in [1.29, 1.82) is 0 Å². The predicted molar refractivity (Wildman–Crippen MR) is 160 cm³/mol. The SMILES string of the molecule is CSc1ccc2c(c1)N(CC(=O)O)/C(=C\C(C)=C/c1oc3cc(C)n(-c4ccccc4)c3[n+]1CCCS(=O)(=O)[O-])S2. The largest absolute Gasteiger partial charge is 0.748 e. The molecule has 0 atom stereocenters. The number of oxazole rings is 1. The van der Waals surface area contributed by atoms with E-state index < -0.39 is 21.8 Å². The molecular formula is C29H29N3O6S3. The zero-order valence-electron chi connectivity index (χ0n) is 22.7. The summed E-state index contributed by atoms with van der Waals surface area (Å²) in [4.78, 5) is 15.5. The zero-order chi connectivity index (χ0) is 29.3. The normalized spacial score (nSPS) is 14.8. The number of aryl methyl sites for hydroxylation is 2. The van der Waals surface area contributed by atoms with Crippen molar-refractivity contribution < 1.29 is 31.9 Å². The highest BCUT2D eigenvalue weighted by molar-refractivity contribution is 8.03. The molecule has 3 heterocycles. The average Bonchev–Trinajstić information content (AvgIpc) is 3.52. The summed E-state index contributed by atoms with van der Waals surface area (Å²) >= 11 is 3.10. The van der Waals surface area contributed by atoms with E-state index in [0.717, 1.165) is 43.1 Å². The zero-order valence-corrected chi connectivity index (χ0v) is 25.2. The lowest BCUT2D eigenvalue weighted by Gasteiger charge is -2.18. The Balaban J connectivity index is 1.57. The first-order chi connectivity index (χ1) is 19.5. The molecule has 1 aliphatic heterocycles. The van der Waals surface area contributed by atoms with E-state index in [1.54, 1.807) is 16.7 Å². The lowest BCUT2D eigenvalue weighted by atomic mass is 10.2. The Morgan fingerprint density at radius 1 is 1.20 bits per heavy atom. The van der Waals surface area contributed by atoms with Gasteiger partial charge in [-0.3, -0.25) is 4.79 Å². The van der Waals surface area contributed by atoms with E-state index in [0.29, 0.717) is 11.5 Å². The second-order valence-electron chi connectivity index (χ2n) is 9.64. The van der Waals surface area contributed by atoms with Crippen molar-refractivity contribution in [2.24, 2.45) is 0 Å². The Labute approximate surface area is 246 Å². The molecule has 0 aliphatic carbocycles. The molecule has 1 aliphatic rings. The number of carbonyl (C=O) groups is 1. The van der Waals surface area contributed by atoms with Gasteiger partial charge >= 0.3 is 11.6 Å². The Morgan fingerprint density at radius 2 is 1.95 bits per heavy atom. The van der Waals surface area contributed by atoms with Crippen LogP contribution in [0, 0.1) is 6.92 Å². The molecule has 9 nitrogen and oxygen atoms in total. The smallest absolute Gasteiger partial charge is 0.333 e. The molecule has 0 bridgehead atoms. The fourth-order valence-electron chi connectivity index (χ4n) is 4.87. The summed E-state index contributed by atoms with van der Waals surface area (Å²) in [5.74, 6) is -0.925. The number of nitrogens with zero attached hydrogens (tertiary/aromatic N) is 3. The standard InChI is InChI=1S/C29H29N3O6S3/c1-19(15-27-31(18-28(33)34)23-17-22(39-3)10-11-25(23)40-27)14-26-30(12-7-13-41(35,36)37)29-24(38-26)16-20(2)32(29)21-8-5-4-6-9-21/h4-6,8-11,14-17H,7,12-13,18H2,1-3H3,(H-,33,34,35,36,37). The number of allylic oxidation sites excluding steroid dienone is 2. The van der Waals surface area contributed by atoms with Gasteiger partial charge in [0.1, 0.15) is 17.9 Å². The summed E-state index contributed by atoms with van der Waals surface area (Å²) in [6, 6.07) is 17.7. The number of carboxylic acids is 1. The molecule has 0 spiro atoms. The van der Waals surface area contributed by atoms with Gasteiger partial charge in [-0.1, -0.05) is 30.0 Å². The van der Waals surface area contributed by atoms with Crippen LogP contribution in [-0.4, -0.2) is 47.2 Å². The van der Waals surface area contributed by atoms with Crippen molar-refractivity contribution >= 4 is 62.6 Å². The summed E-state index contributed by atoms with van der Waals surface area (Å²) in [6.07, 6.45) is 5.87. The number of hydrogen-bond donors (Lipinski definition) is 1. The van der Waals surface area contributed by atoms with Crippen molar-refractivity contribution in [2.45, 2.75) is 36.6 Å². The van der Waals surface area contributed by atoms with Gasteiger partial charge in [-0.05, 0) is 68.5 Å². The molecule has 214 valence electrons. The number of anilines is 1. The van der Waals surface area contributed by atoms with Crippen molar-refractivity contribution in [2.75, 3.05) is 23.5 Å². The third-order valence-corrected chi connectivity index (χ3v) is 9.21. The molecule has 0 radical (unpaired) electrons. The van der Waals surface area contributed by atoms with Crippen LogP contribution < -0.4 is 9.47 Å². The van der Waals surface area contributed by atoms with Gasteiger partial charge in [0.15, 0.2) is 0 Å². The Morgan fingerprint density at radius 3 is 2.63 bits per heavy atom. The van der Waals surface area contributed by atoms with Crippen LogP contribution in [0.5, 0.6) is 0 Å². The van der Waals surface area contributed by atoms with Gasteiger partial charge in [0.2, 0.25) is 5.58 Å². The van der Waals surface area contributed by atoms with Crippen LogP contribution in [0.2, 0.25) is 0 Å². The lowest BCUT2D eigenvalue weighted by Crippen LogP contribution is -2.38. The van der Waals surface area contributed by atoms with Crippen molar-refractivity contribution in [3.8, 4) is 5.69 Å². The van der Waals surface area contributed by atoms with Crippen LogP contribution in [0.3, 0.4) is 0 Å². The molecule has 4 aromatic rings. The summed E-state index contributed by atoms with van der Waals surface area (Å²) < 4.78 is 44.3. The fourth-order valence-corrected chi connectivity index (χ4v) is 6.94. The number of thioether (sulfide) groups is 2.